The third-order valence-electron chi connectivity index (χ3n) is 1.98. The Morgan fingerprint density at radius 2 is 2.00 bits per heavy atom. The second-order valence-corrected chi connectivity index (χ2v) is 2.85. The molecule has 0 fully saturated rings. The number of rotatable bonds is 6. The van der Waals surface area contributed by atoms with Crippen LogP contribution in [0.2, 0.25) is 0 Å². The zero-order chi connectivity index (χ0) is 11.0. The van der Waals surface area contributed by atoms with Crippen LogP contribution in [-0.2, 0) is 19.1 Å². The van der Waals surface area contributed by atoms with Gasteiger partial charge < -0.3 is 9.47 Å². The minimum Gasteiger partial charge on any atom is -0.469 e. The van der Waals surface area contributed by atoms with Gasteiger partial charge in [0.2, 0.25) is 0 Å². The lowest BCUT2D eigenvalue weighted by Gasteiger charge is -2.11. The molecule has 1 atom stereocenters. The average molecular weight is 240 g/mol. The Morgan fingerprint density at radius 3 is 2.40 bits per heavy atom. The number of hydrogen-bond acceptors (Lipinski definition) is 5. The lowest BCUT2D eigenvalue weighted by atomic mass is 10.0. The number of halogens is 1. The largest absolute Gasteiger partial charge is 0.469 e. The van der Waals surface area contributed by atoms with Gasteiger partial charge in [0.15, 0.2) is 0 Å². The molecule has 15 heavy (non-hydrogen) atoms. The van der Waals surface area contributed by atoms with Gasteiger partial charge in [-0.2, -0.15) is 0 Å². The predicted octanol–water partition coefficient (Wildman–Crippen LogP) is 0.847. The van der Waals surface area contributed by atoms with Crippen LogP contribution in [0.15, 0.2) is 0 Å². The van der Waals surface area contributed by atoms with E-state index in [4.69, 9.17) is 5.73 Å². The van der Waals surface area contributed by atoms with E-state index in [2.05, 4.69) is 9.47 Å². The van der Waals surface area contributed by atoms with E-state index in [-0.39, 0.29) is 43.4 Å². The molecule has 0 aliphatic heterocycles. The highest BCUT2D eigenvalue weighted by molar-refractivity contribution is 5.85. The number of carbonyl (C=O) groups is 2. The second kappa shape index (κ2) is 9.73. The van der Waals surface area contributed by atoms with Crippen molar-refractivity contribution in [3.05, 3.63) is 0 Å². The third kappa shape index (κ3) is 7.16. The number of esters is 2. The van der Waals surface area contributed by atoms with Crippen molar-refractivity contribution >= 4 is 24.3 Å². The maximum Gasteiger partial charge on any atom is 0.310 e. The van der Waals surface area contributed by atoms with Gasteiger partial charge in [-0.1, -0.05) is 6.92 Å². The molecule has 0 radical (unpaired) electrons. The van der Waals surface area contributed by atoms with Crippen molar-refractivity contribution in [2.24, 2.45) is 11.7 Å². The summed E-state index contributed by atoms with van der Waals surface area (Å²) in [4.78, 5) is 22.0. The molecule has 0 aromatic carbocycles. The summed E-state index contributed by atoms with van der Waals surface area (Å²) in [6, 6.07) is 0. The number of nitrogens with two attached hydrogens (primary N) is 1. The van der Waals surface area contributed by atoms with Crippen molar-refractivity contribution < 1.29 is 19.1 Å². The Bertz CT molecular complexity index is 199. The maximum atomic E-state index is 11.2. The van der Waals surface area contributed by atoms with E-state index in [1.807, 2.05) is 6.92 Å². The van der Waals surface area contributed by atoms with Gasteiger partial charge in [-0.05, 0) is 12.8 Å². The molecular weight excluding hydrogens is 222 g/mol. The molecule has 0 aromatic heterocycles. The second-order valence-electron chi connectivity index (χ2n) is 2.85. The third-order valence-corrected chi connectivity index (χ3v) is 1.98. The van der Waals surface area contributed by atoms with Crippen LogP contribution in [0.3, 0.4) is 0 Å². The van der Waals surface area contributed by atoms with Crippen LogP contribution in [0.5, 0.6) is 0 Å². The number of ether oxygens (including phenoxy) is 2. The van der Waals surface area contributed by atoms with Crippen molar-refractivity contribution in [2.75, 3.05) is 13.8 Å². The summed E-state index contributed by atoms with van der Waals surface area (Å²) in [5, 5.41) is 0. The molecule has 0 heterocycles. The minimum atomic E-state index is -0.348. The first-order valence-corrected chi connectivity index (χ1v) is 4.59. The molecule has 0 amide bonds. The van der Waals surface area contributed by atoms with Gasteiger partial charge in [-0.25, -0.2) is 0 Å². The van der Waals surface area contributed by atoms with Gasteiger partial charge >= 0.3 is 11.9 Å². The number of hydrogen-bond donors (Lipinski definition) is 1. The van der Waals surface area contributed by atoms with Crippen molar-refractivity contribution in [1.29, 1.82) is 0 Å². The topological polar surface area (TPSA) is 78.6 Å². The molecule has 1 unspecified atom stereocenters. The molecule has 0 aromatic rings. The highest BCUT2D eigenvalue weighted by Gasteiger charge is 2.18. The van der Waals surface area contributed by atoms with Crippen LogP contribution in [0.1, 0.15) is 26.2 Å². The molecule has 0 spiro atoms. The van der Waals surface area contributed by atoms with Gasteiger partial charge in [-0.3, -0.25) is 15.3 Å². The molecule has 0 saturated carbocycles. The Kier molecular flexibility index (Phi) is 10.8. The number of methoxy groups -OCH3 is 1. The molecule has 0 aliphatic carbocycles. The van der Waals surface area contributed by atoms with E-state index in [0.29, 0.717) is 12.8 Å². The molecule has 90 valence electrons. The van der Waals surface area contributed by atoms with Crippen molar-refractivity contribution in [3.8, 4) is 0 Å². The van der Waals surface area contributed by atoms with Crippen LogP contribution < -0.4 is 5.73 Å². The van der Waals surface area contributed by atoms with Crippen LogP contribution in [0.4, 0.5) is 0 Å². The summed E-state index contributed by atoms with van der Waals surface area (Å²) in [7, 11) is 1.32. The Morgan fingerprint density at radius 1 is 1.40 bits per heavy atom. The summed E-state index contributed by atoms with van der Waals surface area (Å²) in [5.41, 5.74) is 5.07. The Hall–Kier alpha value is -0.810. The standard InChI is InChI=1S/C9H17NO4.ClH/c1-3-7(9(12)14-6-10)4-5-8(11)13-2;/h7H,3-6,10H2,1-2H3;1H. The van der Waals surface area contributed by atoms with Gasteiger partial charge in [0, 0.05) is 6.42 Å². The first-order valence-electron chi connectivity index (χ1n) is 4.59. The molecular formula is C9H18ClNO4. The SMILES string of the molecule is CCC(CCC(=O)OC)C(=O)OCN.Cl. The monoisotopic (exact) mass is 239 g/mol. The summed E-state index contributed by atoms with van der Waals surface area (Å²) < 4.78 is 9.12. The van der Waals surface area contributed by atoms with E-state index in [9.17, 15) is 9.59 Å². The molecule has 0 aliphatic rings. The fraction of sp³-hybridized carbons (Fsp3) is 0.778. The zero-order valence-corrected chi connectivity index (χ0v) is 9.84. The van der Waals surface area contributed by atoms with E-state index in [1.165, 1.54) is 7.11 Å². The molecule has 0 saturated heterocycles. The Labute approximate surface area is 95.7 Å². The first kappa shape index (κ1) is 16.6. The van der Waals surface area contributed by atoms with E-state index in [1.54, 1.807) is 0 Å². The smallest absolute Gasteiger partial charge is 0.310 e. The quantitative estimate of drug-likeness (QED) is 0.549. The summed E-state index contributed by atoms with van der Waals surface area (Å²) in [5.74, 6) is -0.930. The highest BCUT2D eigenvalue weighted by Crippen LogP contribution is 2.13. The van der Waals surface area contributed by atoms with E-state index in [0.717, 1.165) is 0 Å². The van der Waals surface area contributed by atoms with Crippen molar-refractivity contribution in [2.45, 2.75) is 26.2 Å². The fourth-order valence-electron chi connectivity index (χ4n) is 1.08. The molecule has 5 nitrogen and oxygen atoms in total. The van der Waals surface area contributed by atoms with E-state index >= 15 is 0 Å². The lowest BCUT2D eigenvalue weighted by molar-refractivity contribution is -0.149. The van der Waals surface area contributed by atoms with Crippen LogP contribution in [-0.4, -0.2) is 25.8 Å². The molecule has 6 heteroatoms. The summed E-state index contributed by atoms with van der Waals surface area (Å²) >= 11 is 0. The summed E-state index contributed by atoms with van der Waals surface area (Å²) in [6.07, 6.45) is 1.31. The predicted molar refractivity (Wildman–Crippen MR) is 57.4 cm³/mol. The first-order chi connectivity index (χ1) is 6.65. The van der Waals surface area contributed by atoms with Gasteiger partial charge in [0.25, 0.3) is 0 Å². The molecule has 0 bridgehead atoms. The van der Waals surface area contributed by atoms with Gasteiger partial charge in [0.05, 0.1) is 13.0 Å². The van der Waals surface area contributed by atoms with E-state index < -0.39 is 0 Å². The van der Waals surface area contributed by atoms with Crippen LogP contribution in [0, 0.1) is 5.92 Å². The Balaban J connectivity index is 0. The van der Waals surface area contributed by atoms with Gasteiger partial charge in [-0.15, -0.1) is 12.4 Å². The molecule has 2 N–H and O–H groups in total. The zero-order valence-electron chi connectivity index (χ0n) is 9.02. The van der Waals surface area contributed by atoms with Crippen molar-refractivity contribution in [1.82, 2.24) is 0 Å². The summed E-state index contributed by atoms with van der Waals surface area (Å²) in [6.45, 7) is 1.74. The molecule has 0 rings (SSSR count). The van der Waals surface area contributed by atoms with Crippen LogP contribution in [0.25, 0.3) is 0 Å². The van der Waals surface area contributed by atoms with Gasteiger partial charge in [0.1, 0.15) is 6.73 Å². The minimum absolute atomic E-state index is 0. The average Bonchev–Trinajstić information content (AvgIpc) is 2.18. The lowest BCUT2D eigenvalue weighted by Crippen LogP contribution is -2.21. The highest BCUT2D eigenvalue weighted by atomic mass is 35.5. The van der Waals surface area contributed by atoms with Crippen molar-refractivity contribution in [3.63, 3.8) is 0 Å². The normalized spacial score (nSPS) is 11.1. The van der Waals surface area contributed by atoms with Crippen LogP contribution >= 0.6 is 12.4 Å². The number of carbonyl (C=O) groups excluding carboxylic acids is 2. The fourth-order valence-corrected chi connectivity index (χ4v) is 1.08. The maximum absolute atomic E-state index is 11.2.